The van der Waals surface area contributed by atoms with Gasteiger partial charge in [0.2, 0.25) is 11.8 Å². The smallest absolute Gasteiger partial charge is 0.246 e. The molecule has 1 aromatic rings. The lowest BCUT2D eigenvalue weighted by Crippen LogP contribution is -2.35. The number of hydrogen-bond acceptors (Lipinski definition) is 4. The highest BCUT2D eigenvalue weighted by Gasteiger charge is 2.25. The molecule has 0 bridgehead atoms. The van der Waals surface area contributed by atoms with Crippen molar-refractivity contribution >= 4 is 29.1 Å². The fourth-order valence-electron chi connectivity index (χ4n) is 2.01. The Labute approximate surface area is 121 Å². The first-order valence-electron chi connectivity index (χ1n) is 6.05. The summed E-state index contributed by atoms with van der Waals surface area (Å²) in [5.41, 5.74) is 0.528. The first-order chi connectivity index (χ1) is 9.56. The van der Waals surface area contributed by atoms with E-state index in [1.54, 1.807) is 12.1 Å². The highest BCUT2D eigenvalue weighted by Crippen LogP contribution is 2.38. The molecule has 1 saturated heterocycles. The lowest BCUT2D eigenvalue weighted by molar-refractivity contribution is -0.123. The molecule has 0 radical (unpaired) electrons. The molecule has 0 saturated carbocycles. The van der Waals surface area contributed by atoms with E-state index in [4.69, 9.17) is 21.1 Å². The van der Waals surface area contributed by atoms with Gasteiger partial charge in [-0.3, -0.25) is 9.59 Å². The molecular weight excluding hydrogens is 284 g/mol. The van der Waals surface area contributed by atoms with Gasteiger partial charge >= 0.3 is 0 Å². The Morgan fingerprint density at radius 3 is 2.55 bits per heavy atom. The van der Waals surface area contributed by atoms with Crippen LogP contribution in [0, 0.1) is 0 Å². The second kappa shape index (κ2) is 6.00. The second-order valence-corrected chi connectivity index (χ2v) is 4.64. The summed E-state index contributed by atoms with van der Waals surface area (Å²) in [6.07, 6.45) is 0.235. The Morgan fingerprint density at radius 1 is 1.20 bits per heavy atom. The summed E-state index contributed by atoms with van der Waals surface area (Å²) in [5, 5.41) is 2.91. The monoisotopic (exact) mass is 298 g/mol. The van der Waals surface area contributed by atoms with Gasteiger partial charge < -0.3 is 19.7 Å². The van der Waals surface area contributed by atoms with Crippen LogP contribution in [0.4, 0.5) is 5.69 Å². The molecule has 2 rings (SSSR count). The zero-order valence-corrected chi connectivity index (χ0v) is 12.0. The maximum atomic E-state index is 12.1. The Kier molecular flexibility index (Phi) is 4.34. The van der Waals surface area contributed by atoms with E-state index in [2.05, 4.69) is 5.32 Å². The van der Waals surface area contributed by atoms with Gasteiger partial charge in [-0.05, 0) is 6.07 Å². The average molecular weight is 299 g/mol. The van der Waals surface area contributed by atoms with E-state index in [0.29, 0.717) is 22.2 Å². The molecule has 1 N–H and O–H groups in total. The van der Waals surface area contributed by atoms with Crippen LogP contribution in [-0.2, 0) is 9.59 Å². The molecule has 108 valence electrons. The van der Waals surface area contributed by atoms with E-state index in [0.717, 1.165) is 0 Å². The van der Waals surface area contributed by atoms with Crippen LogP contribution in [-0.4, -0.2) is 39.1 Å². The van der Waals surface area contributed by atoms with Crippen LogP contribution < -0.4 is 19.7 Å². The summed E-state index contributed by atoms with van der Waals surface area (Å²) in [7, 11) is 3.00. The number of carbonyl (C=O) groups is 2. The molecule has 0 unspecified atom stereocenters. The highest BCUT2D eigenvalue weighted by atomic mass is 35.5. The van der Waals surface area contributed by atoms with Crippen LogP contribution >= 0.6 is 11.6 Å². The van der Waals surface area contributed by atoms with Gasteiger partial charge in [0, 0.05) is 19.0 Å². The number of anilines is 1. The minimum atomic E-state index is -0.213. The normalized spacial score (nSPS) is 15.7. The predicted molar refractivity (Wildman–Crippen MR) is 74.5 cm³/mol. The van der Waals surface area contributed by atoms with Crippen molar-refractivity contribution in [2.24, 2.45) is 0 Å². The third-order valence-corrected chi connectivity index (χ3v) is 3.34. The number of halogens is 1. The van der Waals surface area contributed by atoms with Crippen LogP contribution in [0.3, 0.4) is 0 Å². The number of methoxy groups -OCH3 is 2. The number of rotatable bonds is 3. The summed E-state index contributed by atoms with van der Waals surface area (Å²) < 4.78 is 10.4. The Hall–Kier alpha value is -1.95. The van der Waals surface area contributed by atoms with E-state index in [1.807, 2.05) is 0 Å². The molecule has 0 aliphatic carbocycles. The van der Waals surface area contributed by atoms with E-state index in [-0.39, 0.29) is 31.3 Å². The molecule has 1 heterocycles. The molecule has 1 aromatic carbocycles. The first-order valence-corrected chi connectivity index (χ1v) is 6.43. The van der Waals surface area contributed by atoms with Crippen LogP contribution in [0.2, 0.25) is 5.02 Å². The minimum Gasteiger partial charge on any atom is -0.495 e. The van der Waals surface area contributed by atoms with Gasteiger partial charge in [0.1, 0.15) is 11.5 Å². The van der Waals surface area contributed by atoms with Gasteiger partial charge in [0.05, 0.1) is 31.5 Å². The van der Waals surface area contributed by atoms with Crippen LogP contribution in [0.1, 0.15) is 6.42 Å². The van der Waals surface area contributed by atoms with Crippen molar-refractivity contribution < 1.29 is 19.1 Å². The molecule has 2 amide bonds. The second-order valence-electron chi connectivity index (χ2n) is 4.23. The molecule has 6 nitrogen and oxygen atoms in total. The van der Waals surface area contributed by atoms with Gasteiger partial charge in [-0.1, -0.05) is 11.6 Å². The van der Waals surface area contributed by atoms with Gasteiger partial charge in [0.25, 0.3) is 0 Å². The fraction of sp³-hybridized carbons (Fsp3) is 0.385. The summed E-state index contributed by atoms with van der Waals surface area (Å²) in [6.45, 7) is 0.245. The van der Waals surface area contributed by atoms with E-state index in [1.165, 1.54) is 19.1 Å². The average Bonchev–Trinajstić information content (AvgIpc) is 2.61. The zero-order chi connectivity index (χ0) is 14.7. The van der Waals surface area contributed by atoms with Gasteiger partial charge in [-0.15, -0.1) is 0 Å². The maximum absolute atomic E-state index is 12.1. The first kappa shape index (κ1) is 14.5. The summed E-state index contributed by atoms with van der Waals surface area (Å²) in [6, 6.07) is 3.22. The Bertz CT molecular complexity index is 547. The molecule has 0 spiro atoms. The molecule has 20 heavy (non-hydrogen) atoms. The third kappa shape index (κ3) is 2.80. The summed E-state index contributed by atoms with van der Waals surface area (Å²) in [5.74, 6) is 0.562. The van der Waals surface area contributed by atoms with Gasteiger partial charge in [-0.2, -0.15) is 0 Å². The van der Waals surface area contributed by atoms with Crippen molar-refractivity contribution in [1.29, 1.82) is 0 Å². The lowest BCUT2D eigenvalue weighted by atomic mass is 10.2. The standard InChI is InChI=1S/C13H15ClN2O4/c1-19-10-6-11(20-2)9(5-8(10)14)16-4-3-12(17)15-7-13(16)18/h5-6H,3-4,7H2,1-2H3,(H,15,17). The number of ether oxygens (including phenoxy) is 2. The van der Waals surface area contributed by atoms with Crippen LogP contribution in [0.5, 0.6) is 11.5 Å². The lowest BCUT2D eigenvalue weighted by Gasteiger charge is -2.23. The molecule has 1 fully saturated rings. The molecule has 0 aromatic heterocycles. The van der Waals surface area contributed by atoms with Crippen LogP contribution in [0.25, 0.3) is 0 Å². The highest BCUT2D eigenvalue weighted by molar-refractivity contribution is 6.32. The number of nitrogens with zero attached hydrogens (tertiary/aromatic N) is 1. The van der Waals surface area contributed by atoms with Crippen molar-refractivity contribution in [3.05, 3.63) is 17.2 Å². The van der Waals surface area contributed by atoms with Crippen molar-refractivity contribution in [3.8, 4) is 11.5 Å². The van der Waals surface area contributed by atoms with E-state index >= 15 is 0 Å². The largest absolute Gasteiger partial charge is 0.495 e. The zero-order valence-electron chi connectivity index (χ0n) is 11.2. The molecule has 1 aliphatic heterocycles. The Balaban J connectivity index is 2.42. The Morgan fingerprint density at radius 2 is 1.90 bits per heavy atom. The van der Waals surface area contributed by atoms with E-state index in [9.17, 15) is 9.59 Å². The molecule has 1 aliphatic rings. The predicted octanol–water partition coefficient (Wildman–Crippen LogP) is 1.21. The summed E-state index contributed by atoms with van der Waals surface area (Å²) in [4.78, 5) is 24.9. The number of carbonyl (C=O) groups excluding carboxylic acids is 2. The topological polar surface area (TPSA) is 67.9 Å². The van der Waals surface area contributed by atoms with Crippen molar-refractivity contribution in [2.45, 2.75) is 6.42 Å². The van der Waals surface area contributed by atoms with Gasteiger partial charge in [0.15, 0.2) is 0 Å². The van der Waals surface area contributed by atoms with Crippen molar-refractivity contribution in [1.82, 2.24) is 5.32 Å². The van der Waals surface area contributed by atoms with Crippen molar-refractivity contribution in [2.75, 3.05) is 32.2 Å². The van der Waals surface area contributed by atoms with Crippen LogP contribution in [0.15, 0.2) is 12.1 Å². The van der Waals surface area contributed by atoms with Gasteiger partial charge in [-0.25, -0.2) is 0 Å². The molecule has 0 atom stereocenters. The maximum Gasteiger partial charge on any atom is 0.246 e. The number of hydrogen-bond donors (Lipinski definition) is 1. The fourth-order valence-corrected chi connectivity index (χ4v) is 2.24. The number of benzene rings is 1. The SMILES string of the molecule is COc1cc(OC)c(N2CCC(=O)NCC2=O)cc1Cl. The number of nitrogens with one attached hydrogen (secondary N) is 1. The molecule has 7 heteroatoms. The number of amides is 2. The molecular formula is C13H15ClN2O4. The van der Waals surface area contributed by atoms with Crippen molar-refractivity contribution in [3.63, 3.8) is 0 Å². The summed E-state index contributed by atoms with van der Waals surface area (Å²) >= 11 is 6.09. The third-order valence-electron chi connectivity index (χ3n) is 3.04. The minimum absolute atomic E-state index is 0.0361. The van der Waals surface area contributed by atoms with E-state index < -0.39 is 0 Å². The quantitative estimate of drug-likeness (QED) is 0.911.